The van der Waals surface area contributed by atoms with Gasteiger partial charge < -0.3 is 0 Å². The Bertz CT molecular complexity index is 249. The second-order valence-corrected chi connectivity index (χ2v) is 7.62. The predicted molar refractivity (Wildman–Crippen MR) is 65.4 cm³/mol. The molecule has 0 unspecified atom stereocenters. The van der Waals surface area contributed by atoms with E-state index in [1.54, 1.807) is 7.58 Å². The molecule has 0 bridgehead atoms. The Morgan fingerprint density at radius 2 is 1.21 bits per heavy atom. The summed E-state index contributed by atoms with van der Waals surface area (Å²) in [6.45, 7) is 0. The van der Waals surface area contributed by atoms with Crippen molar-refractivity contribution in [2.45, 2.75) is 12.8 Å². The van der Waals surface area contributed by atoms with Gasteiger partial charge in [-0.25, -0.2) is 0 Å². The summed E-state index contributed by atoms with van der Waals surface area (Å²) in [5, 5.41) is 0. The Hall–Kier alpha value is 0.570. The van der Waals surface area contributed by atoms with Crippen molar-refractivity contribution in [2.24, 2.45) is 0 Å². The number of hydrogen-bond acceptors (Lipinski definition) is 0. The molecule has 0 amide bonds. The van der Waals surface area contributed by atoms with Crippen molar-refractivity contribution in [3.8, 4) is 0 Å². The van der Waals surface area contributed by atoms with Crippen molar-refractivity contribution in [3.63, 3.8) is 0 Å². The van der Waals surface area contributed by atoms with Crippen molar-refractivity contribution in [1.29, 1.82) is 0 Å². The molecular formula is C10H13Cl3Ta. The first-order valence-corrected chi connectivity index (χ1v) is 7.09. The molecule has 14 heavy (non-hydrogen) atoms. The van der Waals surface area contributed by atoms with E-state index in [-0.39, 0.29) is 37.2 Å². The molecule has 0 heterocycles. The monoisotopic (exact) mass is 419 g/mol. The number of rotatable bonds is 2. The first kappa shape index (κ1) is 17.0. The number of halogens is 3. The first-order valence-electron chi connectivity index (χ1n) is 3.88. The standard InChI is InChI=1S/2C5H5.3ClH.Ta/c2*1-2-4-5-3-1;;;;/h2*1-3H,4H2;3*1H;. The summed E-state index contributed by atoms with van der Waals surface area (Å²) >= 11 is -0.404. The zero-order valence-corrected chi connectivity index (χ0v) is 13.2. The van der Waals surface area contributed by atoms with E-state index < -0.39 is 19.8 Å². The molecule has 0 spiro atoms. The van der Waals surface area contributed by atoms with Gasteiger partial charge >= 0.3 is 76.6 Å². The minimum Gasteiger partial charge on any atom is -0.147 e. The normalized spacial score (nSPS) is 16.0. The van der Waals surface area contributed by atoms with Crippen LogP contribution in [-0.4, -0.2) is 0 Å². The molecule has 0 radical (unpaired) electrons. The van der Waals surface area contributed by atoms with Crippen LogP contribution < -0.4 is 0 Å². The molecule has 0 aromatic carbocycles. The average Bonchev–Trinajstić information content (AvgIpc) is 2.60. The third-order valence-electron chi connectivity index (χ3n) is 1.79. The Morgan fingerprint density at radius 3 is 1.50 bits per heavy atom. The van der Waals surface area contributed by atoms with Gasteiger partial charge in [0.1, 0.15) is 0 Å². The molecular weight excluding hydrogens is 407 g/mol. The van der Waals surface area contributed by atoms with Gasteiger partial charge in [0.25, 0.3) is 0 Å². The second kappa shape index (κ2) is 8.84. The molecule has 79 valence electrons. The van der Waals surface area contributed by atoms with Crippen molar-refractivity contribution in [3.05, 3.63) is 44.0 Å². The van der Waals surface area contributed by atoms with E-state index in [2.05, 4.69) is 36.5 Å². The van der Waals surface area contributed by atoms with Gasteiger partial charge in [-0.1, -0.05) is 0 Å². The van der Waals surface area contributed by atoms with Gasteiger partial charge in [0.15, 0.2) is 0 Å². The maximum Gasteiger partial charge on any atom is -0.147 e. The molecule has 0 nitrogen and oxygen atoms in total. The van der Waals surface area contributed by atoms with Crippen LogP contribution in [0.2, 0.25) is 0 Å². The van der Waals surface area contributed by atoms with Crippen LogP contribution in [0.4, 0.5) is 0 Å². The van der Waals surface area contributed by atoms with Gasteiger partial charge in [0.2, 0.25) is 0 Å². The van der Waals surface area contributed by atoms with E-state index in [1.165, 1.54) is 12.8 Å². The van der Waals surface area contributed by atoms with Crippen LogP contribution in [0.15, 0.2) is 44.0 Å². The zero-order chi connectivity index (χ0) is 7.52. The van der Waals surface area contributed by atoms with Gasteiger partial charge in [0, 0.05) is 0 Å². The molecule has 4 heteroatoms. The summed E-state index contributed by atoms with van der Waals surface area (Å²) in [6.07, 6.45) is 16.0. The SMILES string of the molecule is C1=CC[C]([Ta][C]2=CC=CC2)=C1.Cl.Cl.Cl. The molecule has 2 aliphatic carbocycles. The quantitative estimate of drug-likeness (QED) is 0.633. The topological polar surface area (TPSA) is 0 Å². The Balaban J connectivity index is 0. The van der Waals surface area contributed by atoms with E-state index in [4.69, 9.17) is 0 Å². The largest absolute Gasteiger partial charge is 0.147 e. The summed E-state index contributed by atoms with van der Waals surface area (Å²) in [6, 6.07) is 0. The third-order valence-corrected chi connectivity index (χ3v) is 6.24. The van der Waals surface area contributed by atoms with E-state index in [0.717, 1.165) is 0 Å². The fourth-order valence-electron chi connectivity index (χ4n) is 1.22. The molecule has 0 saturated carbocycles. The fraction of sp³-hybridized carbons (Fsp3) is 0.200. The summed E-state index contributed by atoms with van der Waals surface area (Å²) in [7, 11) is 0. The molecule has 0 atom stereocenters. The maximum absolute atomic E-state index is 2.32. The van der Waals surface area contributed by atoms with Crippen LogP contribution in [0.1, 0.15) is 12.8 Å². The van der Waals surface area contributed by atoms with Gasteiger partial charge in [-0.3, -0.25) is 0 Å². The fourth-order valence-corrected chi connectivity index (χ4v) is 5.11. The van der Waals surface area contributed by atoms with Crippen LogP contribution in [0, 0.1) is 0 Å². The van der Waals surface area contributed by atoms with E-state index in [1.807, 2.05) is 0 Å². The van der Waals surface area contributed by atoms with Crippen LogP contribution >= 0.6 is 37.2 Å². The van der Waals surface area contributed by atoms with E-state index in [0.29, 0.717) is 0 Å². The summed E-state index contributed by atoms with van der Waals surface area (Å²) in [5.41, 5.74) is 0. The van der Waals surface area contributed by atoms with Crippen LogP contribution in [0.5, 0.6) is 0 Å². The van der Waals surface area contributed by atoms with Crippen LogP contribution in [0.25, 0.3) is 0 Å². The van der Waals surface area contributed by atoms with Crippen molar-refractivity contribution in [1.82, 2.24) is 0 Å². The number of hydrogen-bond donors (Lipinski definition) is 0. The zero-order valence-electron chi connectivity index (χ0n) is 7.55. The van der Waals surface area contributed by atoms with Gasteiger partial charge in [0.05, 0.1) is 0 Å². The average molecular weight is 421 g/mol. The number of allylic oxidation sites excluding steroid dienone is 8. The minimum atomic E-state index is -0.404. The van der Waals surface area contributed by atoms with Crippen molar-refractivity contribution >= 4 is 37.2 Å². The molecule has 2 aliphatic rings. The molecule has 0 saturated heterocycles. The Kier molecular flexibility index (Phi) is 10.7. The summed E-state index contributed by atoms with van der Waals surface area (Å²) in [4.78, 5) is 0. The van der Waals surface area contributed by atoms with Crippen molar-refractivity contribution < 1.29 is 19.8 Å². The molecule has 0 aromatic heterocycles. The van der Waals surface area contributed by atoms with Crippen LogP contribution in [-0.2, 0) is 19.8 Å². The maximum atomic E-state index is 2.32. The summed E-state index contributed by atoms with van der Waals surface area (Å²) < 4.78 is 3.47. The van der Waals surface area contributed by atoms with Crippen molar-refractivity contribution in [2.75, 3.05) is 0 Å². The van der Waals surface area contributed by atoms with Gasteiger partial charge in [-0.05, 0) is 0 Å². The summed E-state index contributed by atoms with van der Waals surface area (Å²) in [5.74, 6) is 0. The smallest absolute Gasteiger partial charge is 0.147 e. The molecule has 2 rings (SSSR count). The van der Waals surface area contributed by atoms with E-state index >= 15 is 0 Å². The second-order valence-electron chi connectivity index (χ2n) is 2.69. The Morgan fingerprint density at radius 1 is 0.786 bits per heavy atom. The van der Waals surface area contributed by atoms with E-state index in [9.17, 15) is 0 Å². The van der Waals surface area contributed by atoms with Gasteiger partial charge in [-0.2, -0.15) is 0 Å². The third kappa shape index (κ3) is 4.88. The minimum absolute atomic E-state index is 0. The first-order chi connectivity index (χ1) is 5.45. The molecule has 0 N–H and O–H groups in total. The van der Waals surface area contributed by atoms with Crippen LogP contribution in [0.3, 0.4) is 0 Å². The van der Waals surface area contributed by atoms with Gasteiger partial charge in [-0.15, -0.1) is 37.2 Å². The Labute approximate surface area is 113 Å². The molecule has 0 aromatic rings. The predicted octanol–water partition coefficient (Wildman–Crippen LogP) is 4.02. The molecule has 0 aliphatic heterocycles. The molecule has 0 fully saturated rings.